The third kappa shape index (κ3) is 3.50. The van der Waals surface area contributed by atoms with Gasteiger partial charge in [-0.05, 0) is 47.7 Å². The van der Waals surface area contributed by atoms with Crippen molar-refractivity contribution in [2.45, 2.75) is 64.6 Å². The summed E-state index contributed by atoms with van der Waals surface area (Å²) in [6.07, 6.45) is 7.41. The van der Waals surface area contributed by atoms with Crippen molar-refractivity contribution in [3.63, 3.8) is 0 Å². The third-order valence-corrected chi connectivity index (χ3v) is 4.35. The predicted octanol–water partition coefficient (Wildman–Crippen LogP) is 2.89. The highest BCUT2D eigenvalue weighted by Crippen LogP contribution is 2.23. The maximum Gasteiger partial charge on any atom is 0.203 e. The van der Waals surface area contributed by atoms with Gasteiger partial charge in [0.2, 0.25) is 5.95 Å². The number of aryl methyl sites for hydroxylation is 1. The SMILES string of the molecule is Cc1cn(CC(C)(C)N(C)C)c(NC2CCCC2)n1. The second-order valence-electron chi connectivity index (χ2n) is 6.67. The molecule has 4 heteroatoms. The molecule has 0 saturated heterocycles. The lowest BCUT2D eigenvalue weighted by molar-refractivity contribution is 0.170. The van der Waals surface area contributed by atoms with Crippen LogP contribution in [-0.2, 0) is 6.54 Å². The zero-order valence-electron chi connectivity index (χ0n) is 13.0. The van der Waals surface area contributed by atoms with Crippen LogP contribution >= 0.6 is 0 Å². The molecule has 0 bridgehead atoms. The van der Waals surface area contributed by atoms with Crippen LogP contribution in [-0.4, -0.2) is 40.1 Å². The minimum absolute atomic E-state index is 0.124. The molecular formula is C15H28N4. The van der Waals surface area contributed by atoms with Crippen LogP contribution < -0.4 is 5.32 Å². The second kappa shape index (κ2) is 5.53. The van der Waals surface area contributed by atoms with Crippen LogP contribution in [0.3, 0.4) is 0 Å². The molecule has 2 rings (SSSR count). The van der Waals surface area contributed by atoms with Gasteiger partial charge in [-0.2, -0.15) is 0 Å². The van der Waals surface area contributed by atoms with Crippen LogP contribution in [0, 0.1) is 6.92 Å². The van der Waals surface area contributed by atoms with E-state index in [1.54, 1.807) is 0 Å². The Hall–Kier alpha value is -1.03. The number of anilines is 1. The van der Waals surface area contributed by atoms with E-state index in [4.69, 9.17) is 0 Å². The lowest BCUT2D eigenvalue weighted by atomic mass is 10.0. The van der Waals surface area contributed by atoms with Gasteiger partial charge in [0, 0.05) is 24.3 Å². The van der Waals surface area contributed by atoms with Crippen molar-refractivity contribution in [2.24, 2.45) is 0 Å². The first-order valence-electron chi connectivity index (χ1n) is 7.36. The van der Waals surface area contributed by atoms with Crippen LogP contribution in [0.25, 0.3) is 0 Å². The molecule has 1 aromatic rings. The third-order valence-electron chi connectivity index (χ3n) is 4.35. The van der Waals surface area contributed by atoms with Gasteiger partial charge in [-0.3, -0.25) is 0 Å². The number of likely N-dealkylation sites (N-methyl/N-ethyl adjacent to an activating group) is 1. The molecule has 1 aromatic heterocycles. The lowest BCUT2D eigenvalue weighted by Gasteiger charge is -2.33. The summed E-state index contributed by atoms with van der Waals surface area (Å²) in [4.78, 5) is 6.92. The summed E-state index contributed by atoms with van der Waals surface area (Å²) in [5, 5.41) is 3.63. The molecule has 4 nitrogen and oxygen atoms in total. The quantitative estimate of drug-likeness (QED) is 0.887. The van der Waals surface area contributed by atoms with Gasteiger partial charge < -0.3 is 14.8 Å². The number of rotatable bonds is 5. The molecule has 1 aliphatic rings. The normalized spacial score (nSPS) is 17.4. The molecule has 0 atom stereocenters. The van der Waals surface area contributed by atoms with E-state index in [0.717, 1.165) is 18.2 Å². The van der Waals surface area contributed by atoms with Crippen molar-refractivity contribution in [2.75, 3.05) is 19.4 Å². The number of aromatic nitrogens is 2. The molecule has 0 amide bonds. The molecule has 1 saturated carbocycles. The minimum Gasteiger partial charge on any atom is -0.353 e. The summed E-state index contributed by atoms with van der Waals surface area (Å²) in [5.41, 5.74) is 1.22. The maximum atomic E-state index is 4.65. The lowest BCUT2D eigenvalue weighted by Crippen LogP contribution is -2.42. The predicted molar refractivity (Wildman–Crippen MR) is 80.6 cm³/mol. The first-order valence-corrected chi connectivity index (χ1v) is 7.36. The summed E-state index contributed by atoms with van der Waals surface area (Å²) in [6, 6.07) is 0.614. The van der Waals surface area contributed by atoms with E-state index in [-0.39, 0.29) is 5.54 Å². The Labute approximate surface area is 117 Å². The molecule has 108 valence electrons. The van der Waals surface area contributed by atoms with Gasteiger partial charge in [-0.1, -0.05) is 12.8 Å². The van der Waals surface area contributed by atoms with E-state index < -0.39 is 0 Å². The van der Waals surface area contributed by atoms with E-state index in [9.17, 15) is 0 Å². The van der Waals surface area contributed by atoms with E-state index in [1.165, 1.54) is 25.7 Å². The highest BCUT2D eigenvalue weighted by Gasteiger charge is 2.24. The second-order valence-corrected chi connectivity index (χ2v) is 6.67. The van der Waals surface area contributed by atoms with Crippen molar-refractivity contribution in [1.82, 2.24) is 14.5 Å². The van der Waals surface area contributed by atoms with Crippen molar-refractivity contribution in [3.8, 4) is 0 Å². The fraction of sp³-hybridized carbons (Fsp3) is 0.800. The first kappa shape index (κ1) is 14.4. The van der Waals surface area contributed by atoms with Crippen LogP contribution in [0.15, 0.2) is 6.20 Å². The number of hydrogen-bond donors (Lipinski definition) is 1. The van der Waals surface area contributed by atoms with Crippen molar-refractivity contribution >= 4 is 5.95 Å². The van der Waals surface area contributed by atoms with Crippen molar-refractivity contribution in [1.29, 1.82) is 0 Å². The van der Waals surface area contributed by atoms with Crippen molar-refractivity contribution < 1.29 is 0 Å². The molecule has 1 N–H and O–H groups in total. The molecule has 19 heavy (non-hydrogen) atoms. The summed E-state index contributed by atoms with van der Waals surface area (Å²) in [5.74, 6) is 1.04. The fourth-order valence-corrected chi connectivity index (χ4v) is 2.59. The van der Waals surface area contributed by atoms with Gasteiger partial charge in [-0.25, -0.2) is 4.98 Å². The van der Waals surface area contributed by atoms with Gasteiger partial charge in [0.05, 0.1) is 5.69 Å². The van der Waals surface area contributed by atoms with E-state index >= 15 is 0 Å². The highest BCUT2D eigenvalue weighted by atomic mass is 15.2. The van der Waals surface area contributed by atoms with Gasteiger partial charge in [0.1, 0.15) is 0 Å². The highest BCUT2D eigenvalue weighted by molar-refractivity contribution is 5.31. The topological polar surface area (TPSA) is 33.1 Å². The average molecular weight is 264 g/mol. The summed E-state index contributed by atoms with van der Waals surface area (Å²) < 4.78 is 2.27. The van der Waals surface area contributed by atoms with Crippen LogP contribution in [0.1, 0.15) is 45.2 Å². The Morgan fingerprint density at radius 1 is 1.37 bits per heavy atom. The number of imidazole rings is 1. The summed E-state index contributed by atoms with van der Waals surface area (Å²) in [6.45, 7) is 7.55. The Balaban J connectivity index is 2.11. The van der Waals surface area contributed by atoms with Gasteiger partial charge in [0.15, 0.2) is 0 Å². The minimum atomic E-state index is 0.124. The first-order chi connectivity index (χ1) is 8.88. The average Bonchev–Trinajstić information content (AvgIpc) is 2.89. The van der Waals surface area contributed by atoms with E-state index in [2.05, 4.69) is 60.8 Å². The number of nitrogens with one attached hydrogen (secondary N) is 1. The van der Waals surface area contributed by atoms with Gasteiger partial charge >= 0.3 is 0 Å². The molecule has 0 radical (unpaired) electrons. The largest absolute Gasteiger partial charge is 0.353 e. The molecule has 0 spiro atoms. The van der Waals surface area contributed by atoms with Gasteiger partial charge in [0.25, 0.3) is 0 Å². The monoisotopic (exact) mass is 264 g/mol. The smallest absolute Gasteiger partial charge is 0.203 e. The zero-order chi connectivity index (χ0) is 14.0. The number of hydrogen-bond acceptors (Lipinski definition) is 3. The molecule has 1 fully saturated rings. The maximum absolute atomic E-state index is 4.65. The Morgan fingerprint density at radius 3 is 2.58 bits per heavy atom. The fourth-order valence-electron chi connectivity index (χ4n) is 2.59. The van der Waals surface area contributed by atoms with Crippen LogP contribution in [0.4, 0.5) is 5.95 Å². The Morgan fingerprint density at radius 2 is 2.00 bits per heavy atom. The van der Waals surface area contributed by atoms with Gasteiger partial charge in [-0.15, -0.1) is 0 Å². The molecule has 1 aliphatic carbocycles. The number of nitrogens with zero attached hydrogens (tertiary/aromatic N) is 3. The molecule has 0 unspecified atom stereocenters. The van der Waals surface area contributed by atoms with Crippen LogP contribution in [0.2, 0.25) is 0 Å². The molecule has 0 aromatic carbocycles. The Bertz CT molecular complexity index is 414. The van der Waals surface area contributed by atoms with Crippen molar-refractivity contribution in [3.05, 3.63) is 11.9 Å². The van der Waals surface area contributed by atoms with E-state index in [0.29, 0.717) is 6.04 Å². The molecule has 1 heterocycles. The Kier molecular flexibility index (Phi) is 4.19. The summed E-state index contributed by atoms with van der Waals surface area (Å²) >= 11 is 0. The summed E-state index contributed by atoms with van der Waals surface area (Å²) in [7, 11) is 4.27. The zero-order valence-corrected chi connectivity index (χ0v) is 13.0. The van der Waals surface area contributed by atoms with Crippen LogP contribution in [0.5, 0.6) is 0 Å². The standard InChI is InChI=1S/C15H28N4/c1-12-10-19(11-15(2,3)18(4)5)14(16-12)17-13-8-6-7-9-13/h10,13H,6-9,11H2,1-5H3,(H,16,17). The molecule has 0 aliphatic heterocycles. The molecular weight excluding hydrogens is 236 g/mol. The van der Waals surface area contributed by atoms with E-state index in [1.807, 2.05) is 0 Å².